The summed E-state index contributed by atoms with van der Waals surface area (Å²) >= 11 is 0. The van der Waals surface area contributed by atoms with Gasteiger partial charge in [0.2, 0.25) is 0 Å². The Bertz CT molecular complexity index is 649. The van der Waals surface area contributed by atoms with Gasteiger partial charge in [0.15, 0.2) is 0 Å². The molecule has 2 aromatic rings. The molecule has 0 saturated heterocycles. The van der Waals surface area contributed by atoms with Gasteiger partial charge in [-0.15, -0.1) is 0 Å². The van der Waals surface area contributed by atoms with Crippen LogP contribution in [-0.4, -0.2) is 35.4 Å². The molecule has 1 aromatic heterocycles. The molecule has 0 bridgehead atoms. The highest BCUT2D eigenvalue weighted by Crippen LogP contribution is 2.12. The maximum atomic E-state index is 11.8. The highest BCUT2D eigenvalue weighted by molar-refractivity contribution is 5.96. The SMILES string of the molecule is O=C(NCC(O)CO)c1cc2ccccc2oc1=O. The number of benzene rings is 1. The van der Waals surface area contributed by atoms with Crippen molar-refractivity contribution in [3.05, 3.63) is 46.3 Å². The van der Waals surface area contributed by atoms with Gasteiger partial charge in [-0.2, -0.15) is 0 Å². The molecule has 0 fully saturated rings. The molecular weight excluding hydrogens is 250 g/mol. The number of carbonyl (C=O) groups excluding carboxylic acids is 1. The van der Waals surface area contributed by atoms with Gasteiger partial charge in [0.05, 0.1) is 12.7 Å². The molecule has 100 valence electrons. The van der Waals surface area contributed by atoms with Crippen LogP contribution < -0.4 is 10.9 Å². The van der Waals surface area contributed by atoms with Gasteiger partial charge in [0, 0.05) is 11.9 Å². The first kappa shape index (κ1) is 13.3. The summed E-state index contributed by atoms with van der Waals surface area (Å²) in [7, 11) is 0. The Kier molecular flexibility index (Phi) is 3.94. The quantitative estimate of drug-likeness (QED) is 0.668. The predicted molar refractivity (Wildman–Crippen MR) is 67.9 cm³/mol. The Hall–Kier alpha value is -2.18. The topological polar surface area (TPSA) is 99.8 Å². The second-order valence-corrected chi connectivity index (χ2v) is 4.03. The van der Waals surface area contributed by atoms with Crippen molar-refractivity contribution in [2.24, 2.45) is 0 Å². The van der Waals surface area contributed by atoms with Crippen molar-refractivity contribution in [2.75, 3.05) is 13.2 Å². The molecule has 0 aliphatic heterocycles. The first-order valence-electron chi connectivity index (χ1n) is 5.72. The molecule has 1 aromatic carbocycles. The fraction of sp³-hybridized carbons (Fsp3) is 0.231. The standard InChI is InChI=1S/C13H13NO5/c15-7-9(16)6-14-12(17)10-5-8-3-1-2-4-11(8)19-13(10)18/h1-5,9,15-16H,6-7H2,(H,14,17). The Morgan fingerprint density at radius 3 is 2.84 bits per heavy atom. The van der Waals surface area contributed by atoms with E-state index < -0.39 is 24.2 Å². The molecule has 3 N–H and O–H groups in total. The van der Waals surface area contributed by atoms with Crippen LogP contribution in [0.5, 0.6) is 0 Å². The molecule has 1 unspecified atom stereocenters. The van der Waals surface area contributed by atoms with E-state index in [0.717, 1.165) is 0 Å². The largest absolute Gasteiger partial charge is 0.422 e. The molecule has 1 heterocycles. The summed E-state index contributed by atoms with van der Waals surface area (Å²) < 4.78 is 5.02. The van der Waals surface area contributed by atoms with E-state index in [4.69, 9.17) is 14.6 Å². The van der Waals surface area contributed by atoms with E-state index in [1.54, 1.807) is 24.3 Å². The summed E-state index contributed by atoms with van der Waals surface area (Å²) in [6, 6.07) is 8.27. The number of aliphatic hydroxyl groups is 2. The molecule has 1 amide bonds. The Labute approximate surface area is 108 Å². The number of carbonyl (C=O) groups is 1. The maximum Gasteiger partial charge on any atom is 0.349 e. The molecule has 0 saturated carbocycles. The molecule has 0 radical (unpaired) electrons. The Morgan fingerprint density at radius 2 is 2.11 bits per heavy atom. The first-order valence-corrected chi connectivity index (χ1v) is 5.72. The molecular formula is C13H13NO5. The number of rotatable bonds is 4. The van der Waals surface area contributed by atoms with Gasteiger partial charge < -0.3 is 19.9 Å². The molecule has 6 heteroatoms. The van der Waals surface area contributed by atoms with Crippen LogP contribution in [0.1, 0.15) is 10.4 Å². The lowest BCUT2D eigenvalue weighted by Gasteiger charge is -2.08. The van der Waals surface area contributed by atoms with Crippen molar-refractivity contribution in [1.82, 2.24) is 5.32 Å². The van der Waals surface area contributed by atoms with Crippen LogP contribution in [0.15, 0.2) is 39.5 Å². The smallest absolute Gasteiger partial charge is 0.349 e. The Balaban J connectivity index is 2.27. The summed E-state index contributed by atoms with van der Waals surface area (Å²) in [5.41, 5.74) is -0.474. The van der Waals surface area contributed by atoms with Gasteiger partial charge in [-0.1, -0.05) is 18.2 Å². The Morgan fingerprint density at radius 1 is 1.37 bits per heavy atom. The lowest BCUT2D eigenvalue weighted by molar-refractivity contribution is 0.0799. The highest BCUT2D eigenvalue weighted by Gasteiger charge is 2.14. The fourth-order valence-corrected chi connectivity index (χ4v) is 1.59. The average molecular weight is 263 g/mol. The highest BCUT2D eigenvalue weighted by atomic mass is 16.4. The number of para-hydroxylation sites is 1. The fourth-order valence-electron chi connectivity index (χ4n) is 1.59. The molecule has 0 aliphatic carbocycles. The van der Waals surface area contributed by atoms with Crippen molar-refractivity contribution in [3.8, 4) is 0 Å². The number of hydrogen-bond acceptors (Lipinski definition) is 5. The van der Waals surface area contributed by atoms with E-state index in [1.165, 1.54) is 6.07 Å². The van der Waals surface area contributed by atoms with Crippen LogP contribution in [0.4, 0.5) is 0 Å². The molecule has 2 rings (SSSR count). The van der Waals surface area contributed by atoms with Gasteiger partial charge >= 0.3 is 5.63 Å². The van der Waals surface area contributed by atoms with E-state index in [-0.39, 0.29) is 12.1 Å². The third kappa shape index (κ3) is 2.98. The minimum atomic E-state index is -1.06. The minimum absolute atomic E-state index is 0.135. The van der Waals surface area contributed by atoms with Crippen molar-refractivity contribution < 1.29 is 19.4 Å². The zero-order valence-electron chi connectivity index (χ0n) is 10.00. The van der Waals surface area contributed by atoms with Crippen LogP contribution >= 0.6 is 0 Å². The predicted octanol–water partition coefficient (Wildman–Crippen LogP) is -0.124. The van der Waals surface area contributed by atoms with E-state index >= 15 is 0 Å². The van der Waals surface area contributed by atoms with Gasteiger partial charge in [-0.05, 0) is 12.1 Å². The van der Waals surface area contributed by atoms with E-state index in [0.29, 0.717) is 11.0 Å². The summed E-state index contributed by atoms with van der Waals surface area (Å²) in [4.78, 5) is 23.4. The summed E-state index contributed by atoms with van der Waals surface area (Å²) in [5.74, 6) is -0.646. The summed E-state index contributed by atoms with van der Waals surface area (Å²) in [6.07, 6.45) is -1.06. The zero-order chi connectivity index (χ0) is 13.8. The van der Waals surface area contributed by atoms with Gasteiger partial charge in [-0.3, -0.25) is 4.79 Å². The number of nitrogens with one attached hydrogen (secondary N) is 1. The van der Waals surface area contributed by atoms with Crippen LogP contribution in [0.25, 0.3) is 11.0 Å². The number of hydrogen-bond donors (Lipinski definition) is 3. The van der Waals surface area contributed by atoms with Crippen LogP contribution in [-0.2, 0) is 0 Å². The third-order valence-electron chi connectivity index (χ3n) is 2.60. The first-order chi connectivity index (χ1) is 9.11. The molecule has 19 heavy (non-hydrogen) atoms. The van der Waals surface area contributed by atoms with Crippen molar-refractivity contribution >= 4 is 16.9 Å². The number of fused-ring (bicyclic) bond motifs is 1. The van der Waals surface area contributed by atoms with E-state index in [9.17, 15) is 9.59 Å². The van der Waals surface area contributed by atoms with E-state index in [1.807, 2.05) is 0 Å². The lowest BCUT2D eigenvalue weighted by atomic mass is 10.2. The normalized spacial score (nSPS) is 12.3. The molecule has 1 atom stereocenters. The van der Waals surface area contributed by atoms with Gasteiger partial charge in [0.25, 0.3) is 5.91 Å². The van der Waals surface area contributed by atoms with Crippen LogP contribution in [0.3, 0.4) is 0 Å². The lowest BCUT2D eigenvalue weighted by Crippen LogP contribution is -2.35. The number of aliphatic hydroxyl groups excluding tert-OH is 2. The molecule has 0 spiro atoms. The third-order valence-corrected chi connectivity index (χ3v) is 2.60. The summed E-state index contributed by atoms with van der Waals surface area (Å²) in [6.45, 7) is -0.603. The van der Waals surface area contributed by atoms with E-state index in [2.05, 4.69) is 5.32 Å². The van der Waals surface area contributed by atoms with Gasteiger partial charge in [-0.25, -0.2) is 4.79 Å². The van der Waals surface area contributed by atoms with Crippen molar-refractivity contribution in [1.29, 1.82) is 0 Å². The monoisotopic (exact) mass is 263 g/mol. The second kappa shape index (κ2) is 5.64. The minimum Gasteiger partial charge on any atom is -0.422 e. The summed E-state index contributed by atoms with van der Waals surface area (Å²) in [5, 5.41) is 20.7. The molecule has 6 nitrogen and oxygen atoms in total. The number of amides is 1. The average Bonchev–Trinajstić information content (AvgIpc) is 2.43. The van der Waals surface area contributed by atoms with Gasteiger partial charge in [0.1, 0.15) is 11.1 Å². The zero-order valence-corrected chi connectivity index (χ0v) is 10.00. The van der Waals surface area contributed by atoms with Crippen molar-refractivity contribution in [2.45, 2.75) is 6.10 Å². The van der Waals surface area contributed by atoms with Crippen LogP contribution in [0.2, 0.25) is 0 Å². The second-order valence-electron chi connectivity index (χ2n) is 4.03. The van der Waals surface area contributed by atoms with Crippen molar-refractivity contribution in [3.63, 3.8) is 0 Å². The van der Waals surface area contributed by atoms with Crippen LogP contribution in [0, 0.1) is 0 Å². The maximum absolute atomic E-state index is 11.8. The molecule has 0 aliphatic rings.